The molecule has 2 aromatic rings. The molecule has 1 N–H and O–H groups in total. The third-order valence-corrected chi connectivity index (χ3v) is 1.94. The van der Waals surface area contributed by atoms with Crippen molar-refractivity contribution in [1.82, 2.24) is 15.4 Å². The Morgan fingerprint density at radius 1 is 1.40 bits per heavy atom. The monoisotopic (exact) mass is 131 g/mol. The van der Waals surface area contributed by atoms with E-state index in [2.05, 4.69) is 21.5 Å². The lowest BCUT2D eigenvalue weighted by Crippen LogP contribution is -1.65. The molecular formula is C7H5N3. The van der Waals surface area contributed by atoms with E-state index >= 15 is 0 Å². The standard InChI is InChI=1S/C7H5N3/c1-2-6-7(9-10-8-6)5-3-4(1)5/h1-2H,3H2,(H,8,9,10). The van der Waals surface area contributed by atoms with E-state index in [0.717, 1.165) is 17.5 Å². The lowest BCUT2D eigenvalue weighted by atomic mass is 10.3. The maximum atomic E-state index is 3.96. The van der Waals surface area contributed by atoms with Gasteiger partial charge < -0.3 is 0 Å². The van der Waals surface area contributed by atoms with Gasteiger partial charge in [0.05, 0.1) is 5.52 Å². The molecule has 0 unspecified atom stereocenters. The first kappa shape index (κ1) is 4.44. The van der Waals surface area contributed by atoms with Crippen molar-refractivity contribution in [3.8, 4) is 0 Å². The maximum absolute atomic E-state index is 3.96. The maximum Gasteiger partial charge on any atom is 0.116 e. The van der Waals surface area contributed by atoms with Gasteiger partial charge in [-0.25, -0.2) is 0 Å². The summed E-state index contributed by atoms with van der Waals surface area (Å²) in [4.78, 5) is 0. The Labute approximate surface area is 57.1 Å². The molecule has 0 spiro atoms. The first-order valence-corrected chi connectivity index (χ1v) is 3.27. The number of nitrogens with one attached hydrogen (secondary N) is 1. The molecule has 1 aromatic heterocycles. The van der Waals surface area contributed by atoms with E-state index in [9.17, 15) is 0 Å². The number of nitrogens with zero attached hydrogens (tertiary/aromatic N) is 2. The van der Waals surface area contributed by atoms with Crippen LogP contribution in [0, 0.1) is 0 Å². The molecule has 3 heteroatoms. The van der Waals surface area contributed by atoms with Gasteiger partial charge in [-0.1, -0.05) is 11.3 Å². The van der Waals surface area contributed by atoms with Crippen molar-refractivity contribution in [3.63, 3.8) is 0 Å². The molecule has 1 heterocycles. The summed E-state index contributed by atoms with van der Waals surface area (Å²) in [5.74, 6) is 0. The molecule has 0 saturated carbocycles. The second-order valence-corrected chi connectivity index (χ2v) is 2.59. The summed E-state index contributed by atoms with van der Waals surface area (Å²) in [5, 5.41) is 10.5. The van der Waals surface area contributed by atoms with Crippen LogP contribution in [0.1, 0.15) is 11.1 Å². The van der Waals surface area contributed by atoms with Crippen LogP contribution in [0.4, 0.5) is 0 Å². The van der Waals surface area contributed by atoms with Crippen molar-refractivity contribution in [3.05, 3.63) is 23.3 Å². The van der Waals surface area contributed by atoms with Gasteiger partial charge in [0.2, 0.25) is 0 Å². The van der Waals surface area contributed by atoms with Crippen LogP contribution in [0.15, 0.2) is 12.1 Å². The molecule has 0 amide bonds. The number of rotatable bonds is 0. The Kier molecular flexibility index (Phi) is 0.537. The van der Waals surface area contributed by atoms with Gasteiger partial charge in [0.15, 0.2) is 0 Å². The minimum absolute atomic E-state index is 1.05. The van der Waals surface area contributed by atoms with Crippen LogP contribution in [-0.4, -0.2) is 15.4 Å². The summed E-state index contributed by atoms with van der Waals surface area (Å²) >= 11 is 0. The van der Waals surface area contributed by atoms with Gasteiger partial charge in [0.25, 0.3) is 0 Å². The highest BCUT2D eigenvalue weighted by atomic mass is 15.3. The summed E-state index contributed by atoms with van der Waals surface area (Å²) in [5.41, 5.74) is 4.89. The largest absolute Gasteiger partial charge is 0.258 e. The fourth-order valence-electron chi connectivity index (χ4n) is 1.30. The smallest absolute Gasteiger partial charge is 0.116 e. The lowest BCUT2D eigenvalue weighted by molar-refractivity contribution is 0.959. The molecule has 0 saturated heterocycles. The Morgan fingerprint density at radius 2 is 2.40 bits per heavy atom. The van der Waals surface area contributed by atoms with E-state index < -0.39 is 0 Å². The molecule has 0 atom stereocenters. The predicted molar refractivity (Wildman–Crippen MR) is 36.7 cm³/mol. The van der Waals surface area contributed by atoms with Gasteiger partial charge >= 0.3 is 0 Å². The van der Waals surface area contributed by atoms with E-state index in [-0.39, 0.29) is 0 Å². The van der Waals surface area contributed by atoms with Gasteiger partial charge in [-0.15, -0.1) is 5.10 Å². The molecule has 0 radical (unpaired) electrons. The summed E-state index contributed by atoms with van der Waals surface area (Å²) < 4.78 is 0. The SMILES string of the molecule is c1cc2[nH]nnc2c2c1C2. The van der Waals surface area contributed by atoms with Crippen LogP contribution in [0.5, 0.6) is 0 Å². The number of hydrogen-bond donors (Lipinski definition) is 1. The molecular weight excluding hydrogens is 126 g/mol. The van der Waals surface area contributed by atoms with Crippen LogP contribution in [0.2, 0.25) is 0 Å². The summed E-state index contributed by atoms with van der Waals surface area (Å²) in [6.07, 6.45) is 1.11. The van der Waals surface area contributed by atoms with E-state index in [4.69, 9.17) is 0 Å². The van der Waals surface area contributed by atoms with Crippen molar-refractivity contribution < 1.29 is 0 Å². The summed E-state index contributed by atoms with van der Waals surface area (Å²) in [7, 11) is 0. The predicted octanol–water partition coefficient (Wildman–Crippen LogP) is 0.862. The van der Waals surface area contributed by atoms with Crippen LogP contribution >= 0.6 is 0 Å². The average Bonchev–Trinajstić information content (AvgIpc) is 2.60. The molecule has 0 aliphatic heterocycles. The van der Waals surface area contributed by atoms with E-state index in [0.29, 0.717) is 0 Å². The van der Waals surface area contributed by atoms with Gasteiger partial charge in [0.1, 0.15) is 5.52 Å². The van der Waals surface area contributed by atoms with Crippen molar-refractivity contribution in [2.75, 3.05) is 0 Å². The minimum atomic E-state index is 1.05. The number of H-pyrrole nitrogens is 1. The molecule has 48 valence electrons. The van der Waals surface area contributed by atoms with Crippen LogP contribution in [0.3, 0.4) is 0 Å². The van der Waals surface area contributed by atoms with Gasteiger partial charge in [-0.3, -0.25) is 5.10 Å². The van der Waals surface area contributed by atoms with Crippen molar-refractivity contribution in [2.45, 2.75) is 6.42 Å². The van der Waals surface area contributed by atoms with Gasteiger partial charge in [-0.2, -0.15) is 0 Å². The third-order valence-electron chi connectivity index (χ3n) is 1.94. The Bertz CT molecular complexity index is 402. The first-order valence-electron chi connectivity index (χ1n) is 3.27. The summed E-state index contributed by atoms with van der Waals surface area (Å²) in [6, 6.07) is 4.15. The molecule has 10 heavy (non-hydrogen) atoms. The molecule has 1 aliphatic rings. The van der Waals surface area contributed by atoms with E-state index in [1.54, 1.807) is 0 Å². The zero-order chi connectivity index (χ0) is 6.55. The highest BCUT2D eigenvalue weighted by Gasteiger charge is 2.21. The van der Waals surface area contributed by atoms with Crippen LogP contribution in [0.25, 0.3) is 11.0 Å². The minimum Gasteiger partial charge on any atom is -0.258 e. The van der Waals surface area contributed by atoms with E-state index in [1.807, 2.05) is 6.07 Å². The number of aromatic amines is 1. The Morgan fingerprint density at radius 3 is 3.40 bits per heavy atom. The average molecular weight is 131 g/mol. The molecule has 3 nitrogen and oxygen atoms in total. The van der Waals surface area contributed by atoms with Crippen LogP contribution < -0.4 is 0 Å². The summed E-state index contributed by atoms with van der Waals surface area (Å²) in [6.45, 7) is 0. The Hall–Kier alpha value is -1.38. The third kappa shape index (κ3) is 0.375. The number of fused-ring (bicyclic) bond motifs is 3. The first-order chi connectivity index (χ1) is 4.95. The second kappa shape index (κ2) is 1.21. The Balaban J connectivity index is 2.64. The zero-order valence-electron chi connectivity index (χ0n) is 5.26. The molecule has 0 bridgehead atoms. The number of hydrogen-bond acceptors (Lipinski definition) is 2. The molecule has 1 aromatic carbocycles. The van der Waals surface area contributed by atoms with Gasteiger partial charge in [-0.05, 0) is 17.2 Å². The van der Waals surface area contributed by atoms with Crippen molar-refractivity contribution >= 4 is 11.0 Å². The lowest BCUT2D eigenvalue weighted by Gasteiger charge is -1.78. The highest BCUT2D eigenvalue weighted by molar-refractivity contribution is 5.83. The van der Waals surface area contributed by atoms with Crippen molar-refractivity contribution in [1.29, 1.82) is 0 Å². The fraction of sp³-hybridized carbons (Fsp3) is 0.143. The van der Waals surface area contributed by atoms with Gasteiger partial charge in [0, 0.05) is 6.42 Å². The zero-order valence-corrected chi connectivity index (χ0v) is 5.26. The quantitative estimate of drug-likeness (QED) is 0.491. The fourth-order valence-corrected chi connectivity index (χ4v) is 1.30. The van der Waals surface area contributed by atoms with E-state index in [1.165, 1.54) is 11.1 Å². The normalized spacial score (nSPS) is 13.6. The topological polar surface area (TPSA) is 41.6 Å². The highest BCUT2D eigenvalue weighted by Crippen LogP contribution is 2.32. The second-order valence-electron chi connectivity index (χ2n) is 2.59. The molecule has 1 aliphatic carbocycles. The molecule has 3 rings (SSSR count). The van der Waals surface area contributed by atoms with Crippen LogP contribution in [-0.2, 0) is 6.42 Å². The van der Waals surface area contributed by atoms with Crippen molar-refractivity contribution in [2.24, 2.45) is 0 Å². The number of benzene rings is 1. The molecule has 0 fully saturated rings. The number of aromatic nitrogens is 3.